The Labute approximate surface area is 118 Å². The second kappa shape index (κ2) is 7.33. The minimum atomic E-state index is -4.35. The molecule has 0 aromatic heterocycles. The first-order valence-electron chi connectivity index (χ1n) is 5.80. The van der Waals surface area contributed by atoms with Crippen LogP contribution in [-0.2, 0) is 9.53 Å². The zero-order valence-corrected chi connectivity index (χ0v) is 11.5. The van der Waals surface area contributed by atoms with Gasteiger partial charge in [0.25, 0.3) is 0 Å². The van der Waals surface area contributed by atoms with E-state index in [1.54, 1.807) is 0 Å². The molecule has 3 nitrogen and oxygen atoms in total. The average molecular weight is 306 g/mol. The fourth-order valence-electron chi connectivity index (χ4n) is 1.36. The molecule has 1 rings (SSSR count). The molecule has 0 aliphatic carbocycles. The predicted octanol–water partition coefficient (Wildman–Crippen LogP) is 3.82. The van der Waals surface area contributed by atoms with Gasteiger partial charge in [-0.15, -0.1) is 0 Å². The van der Waals surface area contributed by atoms with E-state index < -0.39 is 11.5 Å². The van der Waals surface area contributed by atoms with E-state index >= 15 is 0 Å². The molecule has 0 heterocycles. The topological polar surface area (TPSA) is 43.4 Å². The van der Waals surface area contributed by atoms with E-state index in [1.807, 2.05) is 0 Å². The number of carbonyl (C=O) groups excluding carboxylic acids is 2. The first kappa shape index (κ1) is 16.6. The van der Waals surface area contributed by atoms with Crippen molar-refractivity contribution in [2.45, 2.75) is 30.2 Å². The van der Waals surface area contributed by atoms with Crippen molar-refractivity contribution in [1.82, 2.24) is 0 Å². The van der Waals surface area contributed by atoms with E-state index in [0.717, 1.165) is 0 Å². The lowest BCUT2D eigenvalue weighted by Gasteiger charge is -2.07. The Morgan fingerprint density at radius 2 is 1.80 bits per heavy atom. The molecule has 0 saturated heterocycles. The van der Waals surface area contributed by atoms with Gasteiger partial charge in [-0.3, -0.25) is 0 Å². The minimum absolute atomic E-state index is 0.00521. The maximum atomic E-state index is 12.1. The van der Waals surface area contributed by atoms with E-state index in [4.69, 9.17) is 4.74 Å². The number of alkyl halides is 3. The highest BCUT2D eigenvalue weighted by Gasteiger charge is 2.29. The van der Waals surface area contributed by atoms with E-state index in [-0.39, 0.29) is 34.6 Å². The van der Waals surface area contributed by atoms with Gasteiger partial charge in [0.15, 0.2) is 0 Å². The molecule has 0 aliphatic heterocycles. The Morgan fingerprint density at radius 1 is 1.20 bits per heavy atom. The van der Waals surface area contributed by atoms with E-state index in [1.165, 1.54) is 31.2 Å². The van der Waals surface area contributed by atoms with E-state index in [9.17, 15) is 22.8 Å². The number of carbonyl (C=O) groups is 2. The van der Waals surface area contributed by atoms with Crippen molar-refractivity contribution in [3.8, 4) is 0 Å². The monoisotopic (exact) mass is 306 g/mol. The molecule has 0 atom stereocenters. The number of rotatable bonds is 6. The number of esters is 1. The van der Waals surface area contributed by atoms with Crippen molar-refractivity contribution < 1.29 is 27.5 Å². The van der Waals surface area contributed by atoms with Crippen LogP contribution in [0, 0.1) is 0 Å². The lowest BCUT2D eigenvalue weighted by atomic mass is 10.2. The number of ketones is 1. The maximum Gasteiger partial charge on any atom is 0.446 e. The SMILES string of the molecule is CC(=O)CCCOC(=O)c1ccc(SC(F)(F)F)cc1. The van der Waals surface area contributed by atoms with Gasteiger partial charge in [-0.25, -0.2) is 4.79 Å². The maximum absolute atomic E-state index is 12.1. The summed E-state index contributed by atoms with van der Waals surface area (Å²) in [7, 11) is 0. The van der Waals surface area contributed by atoms with Crippen LogP contribution in [0.3, 0.4) is 0 Å². The number of thioether (sulfide) groups is 1. The molecule has 7 heteroatoms. The van der Waals surface area contributed by atoms with Crippen LogP contribution in [0.1, 0.15) is 30.1 Å². The summed E-state index contributed by atoms with van der Waals surface area (Å²) in [5, 5.41) is 0. The largest absolute Gasteiger partial charge is 0.462 e. The lowest BCUT2D eigenvalue weighted by Crippen LogP contribution is -2.07. The highest BCUT2D eigenvalue weighted by molar-refractivity contribution is 8.00. The molecule has 0 N–H and O–H groups in total. The molecule has 0 fully saturated rings. The van der Waals surface area contributed by atoms with Crippen molar-refractivity contribution in [3.63, 3.8) is 0 Å². The molecular weight excluding hydrogens is 293 g/mol. The first-order chi connectivity index (χ1) is 9.28. The zero-order valence-electron chi connectivity index (χ0n) is 10.7. The van der Waals surface area contributed by atoms with Crippen molar-refractivity contribution in [2.75, 3.05) is 6.61 Å². The highest BCUT2D eigenvalue weighted by Crippen LogP contribution is 2.36. The van der Waals surface area contributed by atoms with Crippen LogP contribution in [0.15, 0.2) is 29.2 Å². The van der Waals surface area contributed by atoms with Gasteiger partial charge >= 0.3 is 11.5 Å². The Balaban J connectivity index is 2.47. The van der Waals surface area contributed by atoms with E-state index in [2.05, 4.69) is 0 Å². The van der Waals surface area contributed by atoms with Gasteiger partial charge in [-0.05, 0) is 49.4 Å². The highest BCUT2D eigenvalue weighted by atomic mass is 32.2. The second-order valence-corrected chi connectivity index (χ2v) is 5.15. The van der Waals surface area contributed by atoms with Crippen molar-refractivity contribution >= 4 is 23.5 Å². The molecule has 0 unspecified atom stereocenters. The molecule has 0 amide bonds. The van der Waals surface area contributed by atoms with Crippen LogP contribution in [0.2, 0.25) is 0 Å². The second-order valence-electron chi connectivity index (χ2n) is 4.01. The number of Topliss-reactive ketones (excluding diaryl/α,β-unsaturated/α-hetero) is 1. The zero-order chi connectivity index (χ0) is 15.2. The number of benzene rings is 1. The lowest BCUT2D eigenvalue weighted by molar-refractivity contribution is -0.117. The normalized spacial score (nSPS) is 11.2. The van der Waals surface area contributed by atoms with Gasteiger partial charge in [-0.2, -0.15) is 13.2 Å². The molecule has 0 saturated carbocycles. The van der Waals surface area contributed by atoms with Crippen molar-refractivity contribution in [1.29, 1.82) is 0 Å². The van der Waals surface area contributed by atoms with Crippen LogP contribution in [0.4, 0.5) is 13.2 Å². The summed E-state index contributed by atoms with van der Waals surface area (Å²) in [5.41, 5.74) is -4.17. The van der Waals surface area contributed by atoms with Crippen LogP contribution in [-0.4, -0.2) is 23.9 Å². The fourth-order valence-corrected chi connectivity index (χ4v) is 1.90. The van der Waals surface area contributed by atoms with Crippen LogP contribution < -0.4 is 0 Å². The summed E-state index contributed by atoms with van der Waals surface area (Å²) in [6.45, 7) is 1.55. The number of ether oxygens (including phenoxy) is 1. The smallest absolute Gasteiger partial charge is 0.446 e. The minimum Gasteiger partial charge on any atom is -0.462 e. The van der Waals surface area contributed by atoms with Gasteiger partial charge in [0.2, 0.25) is 0 Å². The number of hydrogen-bond donors (Lipinski definition) is 0. The van der Waals surface area contributed by atoms with Gasteiger partial charge in [0, 0.05) is 11.3 Å². The van der Waals surface area contributed by atoms with Crippen molar-refractivity contribution in [3.05, 3.63) is 29.8 Å². The van der Waals surface area contributed by atoms with Gasteiger partial charge in [-0.1, -0.05) is 0 Å². The Morgan fingerprint density at radius 3 is 2.30 bits per heavy atom. The van der Waals surface area contributed by atoms with Gasteiger partial charge < -0.3 is 9.53 Å². The Bertz CT molecular complexity index is 469. The van der Waals surface area contributed by atoms with Gasteiger partial charge in [0.05, 0.1) is 12.2 Å². The summed E-state index contributed by atoms with van der Waals surface area (Å²) in [5.74, 6) is -0.605. The van der Waals surface area contributed by atoms with Crippen LogP contribution >= 0.6 is 11.8 Å². The molecule has 0 spiro atoms. The Kier molecular flexibility index (Phi) is 6.06. The molecule has 0 aliphatic rings. The van der Waals surface area contributed by atoms with Crippen molar-refractivity contribution in [2.24, 2.45) is 0 Å². The molecule has 0 radical (unpaired) electrons. The quantitative estimate of drug-likeness (QED) is 0.455. The third kappa shape index (κ3) is 6.60. The fraction of sp³-hybridized carbons (Fsp3) is 0.385. The number of halogens is 3. The third-order valence-electron chi connectivity index (χ3n) is 2.23. The van der Waals surface area contributed by atoms with Gasteiger partial charge in [0.1, 0.15) is 5.78 Å². The first-order valence-corrected chi connectivity index (χ1v) is 6.62. The van der Waals surface area contributed by atoms with Crippen LogP contribution in [0.25, 0.3) is 0 Å². The molecule has 0 bridgehead atoms. The summed E-state index contributed by atoms with van der Waals surface area (Å²) < 4.78 is 41.2. The van der Waals surface area contributed by atoms with E-state index in [0.29, 0.717) is 12.8 Å². The summed E-state index contributed by atoms with van der Waals surface area (Å²) >= 11 is -0.244. The molecular formula is C13H13F3O3S. The third-order valence-corrected chi connectivity index (χ3v) is 2.97. The summed E-state index contributed by atoms with van der Waals surface area (Å²) in [4.78, 5) is 22.2. The molecule has 1 aromatic carbocycles. The predicted molar refractivity (Wildman–Crippen MR) is 68.6 cm³/mol. The Hall–Kier alpha value is -1.50. The molecule has 20 heavy (non-hydrogen) atoms. The van der Waals surface area contributed by atoms with Crippen LogP contribution in [0.5, 0.6) is 0 Å². The number of hydrogen-bond acceptors (Lipinski definition) is 4. The molecule has 1 aromatic rings. The average Bonchev–Trinajstić information content (AvgIpc) is 2.33. The molecule has 110 valence electrons. The summed E-state index contributed by atoms with van der Waals surface area (Å²) in [6.07, 6.45) is 0.761. The standard InChI is InChI=1S/C13H13F3O3S/c1-9(17)3-2-8-19-12(18)10-4-6-11(7-5-10)20-13(14,15)16/h4-7H,2-3,8H2,1H3. The summed E-state index contributed by atoms with van der Waals surface area (Å²) in [6, 6.07) is 4.98.